The lowest BCUT2D eigenvalue weighted by Crippen LogP contribution is -2.38. The largest absolute Gasteiger partial charge is 0.496 e. The second-order valence-corrected chi connectivity index (χ2v) is 6.60. The van der Waals surface area contributed by atoms with Gasteiger partial charge in [0.15, 0.2) is 0 Å². The average molecular weight is 357 g/mol. The molecular formula is C21H27NO4. The van der Waals surface area contributed by atoms with Gasteiger partial charge in [-0.3, -0.25) is 4.90 Å². The standard InChI is InChI=1S/C21H27NO4/c1-15-12-19(24-2)21(20(13-15)25-3)17-6-4-16(5-7-17)18(23)14-22-8-10-26-11-9-22/h4-7,12-13,18,23H,8-11,14H2,1-3H3. The Balaban J connectivity index is 1.81. The van der Waals surface area contributed by atoms with Gasteiger partial charge in [0.2, 0.25) is 0 Å². The molecule has 1 atom stereocenters. The third kappa shape index (κ3) is 4.18. The van der Waals surface area contributed by atoms with Crippen molar-refractivity contribution >= 4 is 0 Å². The van der Waals surface area contributed by atoms with Crippen LogP contribution in [0.5, 0.6) is 11.5 Å². The van der Waals surface area contributed by atoms with E-state index in [-0.39, 0.29) is 0 Å². The van der Waals surface area contributed by atoms with E-state index in [1.807, 2.05) is 43.3 Å². The van der Waals surface area contributed by atoms with Crippen LogP contribution in [0.4, 0.5) is 0 Å². The Morgan fingerprint density at radius 1 is 1.04 bits per heavy atom. The number of morpholine rings is 1. The van der Waals surface area contributed by atoms with Gasteiger partial charge in [-0.1, -0.05) is 24.3 Å². The first-order chi connectivity index (χ1) is 12.6. The Morgan fingerprint density at radius 2 is 1.62 bits per heavy atom. The van der Waals surface area contributed by atoms with E-state index in [0.717, 1.165) is 60.1 Å². The normalized spacial score (nSPS) is 16.3. The molecule has 2 aromatic carbocycles. The van der Waals surface area contributed by atoms with Crippen molar-refractivity contribution in [2.45, 2.75) is 13.0 Å². The molecule has 26 heavy (non-hydrogen) atoms. The fourth-order valence-electron chi connectivity index (χ4n) is 3.33. The van der Waals surface area contributed by atoms with Crippen LogP contribution in [0.1, 0.15) is 17.2 Å². The number of aliphatic hydroxyl groups excluding tert-OH is 1. The molecule has 1 unspecified atom stereocenters. The molecule has 1 fully saturated rings. The number of methoxy groups -OCH3 is 2. The molecule has 2 aromatic rings. The van der Waals surface area contributed by atoms with Crippen molar-refractivity contribution in [1.82, 2.24) is 4.90 Å². The predicted octanol–water partition coefficient (Wildman–Crippen LogP) is 3.04. The molecule has 0 amide bonds. The maximum atomic E-state index is 10.5. The van der Waals surface area contributed by atoms with E-state index >= 15 is 0 Å². The third-order valence-corrected chi connectivity index (χ3v) is 4.77. The molecule has 0 aromatic heterocycles. The maximum absolute atomic E-state index is 10.5. The van der Waals surface area contributed by atoms with E-state index in [4.69, 9.17) is 14.2 Å². The van der Waals surface area contributed by atoms with E-state index in [0.29, 0.717) is 6.54 Å². The first-order valence-corrected chi connectivity index (χ1v) is 8.93. The summed E-state index contributed by atoms with van der Waals surface area (Å²) in [6.45, 7) is 5.84. The van der Waals surface area contributed by atoms with Gasteiger partial charge in [-0.25, -0.2) is 0 Å². The second kappa shape index (κ2) is 8.54. The van der Waals surface area contributed by atoms with Gasteiger partial charge in [-0.05, 0) is 35.7 Å². The highest BCUT2D eigenvalue weighted by Gasteiger charge is 2.18. The van der Waals surface area contributed by atoms with Crippen LogP contribution in [0, 0.1) is 6.92 Å². The van der Waals surface area contributed by atoms with Crippen LogP contribution >= 0.6 is 0 Å². The zero-order valence-electron chi connectivity index (χ0n) is 15.7. The monoisotopic (exact) mass is 357 g/mol. The van der Waals surface area contributed by atoms with Gasteiger partial charge in [-0.15, -0.1) is 0 Å². The minimum Gasteiger partial charge on any atom is -0.496 e. The van der Waals surface area contributed by atoms with Crippen LogP contribution in [0.25, 0.3) is 11.1 Å². The van der Waals surface area contributed by atoms with Crippen molar-refractivity contribution < 1.29 is 19.3 Å². The lowest BCUT2D eigenvalue weighted by Gasteiger charge is -2.28. The number of rotatable bonds is 6. The minimum absolute atomic E-state index is 0.510. The average Bonchev–Trinajstić information content (AvgIpc) is 2.68. The molecule has 0 radical (unpaired) electrons. The lowest BCUT2D eigenvalue weighted by atomic mass is 9.98. The van der Waals surface area contributed by atoms with Crippen LogP contribution in [0.2, 0.25) is 0 Å². The highest BCUT2D eigenvalue weighted by molar-refractivity contribution is 5.77. The number of aliphatic hydroxyl groups is 1. The molecule has 0 saturated carbocycles. The summed E-state index contributed by atoms with van der Waals surface area (Å²) >= 11 is 0. The summed E-state index contributed by atoms with van der Waals surface area (Å²) < 4.78 is 16.5. The van der Waals surface area contributed by atoms with Gasteiger partial charge >= 0.3 is 0 Å². The van der Waals surface area contributed by atoms with Crippen LogP contribution < -0.4 is 9.47 Å². The Kier molecular flexibility index (Phi) is 6.14. The summed E-state index contributed by atoms with van der Waals surface area (Å²) in [5.74, 6) is 1.56. The van der Waals surface area contributed by atoms with Crippen molar-refractivity contribution in [3.05, 3.63) is 47.5 Å². The number of β-amino-alcohol motifs (C(OH)–C–C–N with tert-alkyl or cyclic N) is 1. The second-order valence-electron chi connectivity index (χ2n) is 6.60. The molecule has 5 nitrogen and oxygen atoms in total. The molecule has 1 aliphatic rings. The molecule has 5 heteroatoms. The molecule has 1 aliphatic heterocycles. The summed E-state index contributed by atoms with van der Waals surface area (Å²) in [6.07, 6.45) is -0.510. The van der Waals surface area contributed by atoms with Gasteiger partial charge in [0.25, 0.3) is 0 Å². The maximum Gasteiger partial charge on any atom is 0.130 e. The third-order valence-electron chi connectivity index (χ3n) is 4.77. The Morgan fingerprint density at radius 3 is 2.15 bits per heavy atom. The SMILES string of the molecule is COc1cc(C)cc(OC)c1-c1ccc(C(O)CN2CCOCC2)cc1. The van der Waals surface area contributed by atoms with Crippen LogP contribution in [0.3, 0.4) is 0 Å². The van der Waals surface area contributed by atoms with Gasteiger partial charge in [0.05, 0.1) is 39.1 Å². The molecule has 1 N–H and O–H groups in total. The minimum atomic E-state index is -0.510. The van der Waals surface area contributed by atoms with Crippen molar-refractivity contribution in [1.29, 1.82) is 0 Å². The summed E-state index contributed by atoms with van der Waals surface area (Å²) in [7, 11) is 3.33. The first-order valence-electron chi connectivity index (χ1n) is 8.93. The van der Waals surface area contributed by atoms with Crippen LogP contribution in [-0.4, -0.2) is 57.1 Å². The Bertz CT molecular complexity index is 698. The molecular weight excluding hydrogens is 330 g/mol. The van der Waals surface area contributed by atoms with Crippen molar-refractivity contribution in [2.75, 3.05) is 47.1 Å². The highest BCUT2D eigenvalue weighted by Crippen LogP contribution is 2.39. The Labute approximate surface area is 155 Å². The van der Waals surface area contributed by atoms with E-state index in [1.54, 1.807) is 14.2 Å². The molecule has 0 aliphatic carbocycles. The first kappa shape index (κ1) is 18.7. The zero-order chi connectivity index (χ0) is 18.5. The number of hydrogen-bond donors (Lipinski definition) is 1. The molecule has 0 bridgehead atoms. The fraction of sp³-hybridized carbons (Fsp3) is 0.429. The molecule has 3 rings (SSSR count). The van der Waals surface area contributed by atoms with Crippen LogP contribution in [0.15, 0.2) is 36.4 Å². The van der Waals surface area contributed by atoms with E-state index in [1.165, 1.54) is 0 Å². The number of nitrogens with zero attached hydrogens (tertiary/aromatic N) is 1. The summed E-state index contributed by atoms with van der Waals surface area (Å²) in [5, 5.41) is 10.5. The fourth-order valence-corrected chi connectivity index (χ4v) is 3.33. The van der Waals surface area contributed by atoms with Gasteiger partial charge in [0, 0.05) is 19.6 Å². The van der Waals surface area contributed by atoms with Crippen molar-refractivity contribution in [2.24, 2.45) is 0 Å². The van der Waals surface area contributed by atoms with E-state index < -0.39 is 6.10 Å². The number of ether oxygens (including phenoxy) is 3. The quantitative estimate of drug-likeness (QED) is 0.861. The Hall–Kier alpha value is -2.08. The van der Waals surface area contributed by atoms with E-state index in [2.05, 4.69) is 4.90 Å². The zero-order valence-corrected chi connectivity index (χ0v) is 15.7. The van der Waals surface area contributed by atoms with Gasteiger partial charge in [0.1, 0.15) is 11.5 Å². The molecule has 1 heterocycles. The smallest absolute Gasteiger partial charge is 0.130 e. The van der Waals surface area contributed by atoms with Gasteiger partial charge < -0.3 is 19.3 Å². The van der Waals surface area contributed by atoms with Crippen molar-refractivity contribution in [3.63, 3.8) is 0 Å². The highest BCUT2D eigenvalue weighted by atomic mass is 16.5. The predicted molar refractivity (Wildman–Crippen MR) is 102 cm³/mol. The summed E-state index contributed by atoms with van der Waals surface area (Å²) in [4.78, 5) is 2.23. The summed E-state index contributed by atoms with van der Waals surface area (Å²) in [6, 6.07) is 12.0. The lowest BCUT2D eigenvalue weighted by molar-refractivity contribution is 0.0143. The van der Waals surface area contributed by atoms with E-state index in [9.17, 15) is 5.11 Å². The topological polar surface area (TPSA) is 51.2 Å². The number of hydrogen-bond acceptors (Lipinski definition) is 5. The molecule has 0 spiro atoms. The summed E-state index contributed by atoms with van der Waals surface area (Å²) in [5.41, 5.74) is 3.92. The number of benzene rings is 2. The molecule has 1 saturated heterocycles. The molecule has 140 valence electrons. The van der Waals surface area contributed by atoms with Crippen LogP contribution in [-0.2, 0) is 4.74 Å². The van der Waals surface area contributed by atoms with Gasteiger partial charge in [-0.2, -0.15) is 0 Å². The number of aryl methyl sites for hydroxylation is 1. The van der Waals surface area contributed by atoms with Crippen molar-refractivity contribution in [3.8, 4) is 22.6 Å².